The second kappa shape index (κ2) is 5.73. The number of nitrogens with one attached hydrogen (secondary N) is 1. The summed E-state index contributed by atoms with van der Waals surface area (Å²) < 4.78 is 0. The lowest BCUT2D eigenvalue weighted by molar-refractivity contribution is 0.196. The van der Waals surface area contributed by atoms with Crippen molar-refractivity contribution in [3.63, 3.8) is 0 Å². The Labute approximate surface area is 108 Å². The molecule has 0 radical (unpaired) electrons. The Kier molecular flexibility index (Phi) is 4.52. The lowest BCUT2D eigenvalue weighted by atomic mass is 9.76. The molecule has 0 aliphatic heterocycles. The summed E-state index contributed by atoms with van der Waals surface area (Å²) in [6, 6.07) is 0.694. The first-order chi connectivity index (χ1) is 8.11. The van der Waals surface area contributed by atoms with Crippen molar-refractivity contribution >= 4 is 0 Å². The fraction of sp³-hybridized carbons (Fsp3) is 1.00. The van der Waals surface area contributed by atoms with Crippen molar-refractivity contribution in [2.24, 2.45) is 29.6 Å². The maximum absolute atomic E-state index is 3.64. The van der Waals surface area contributed by atoms with E-state index >= 15 is 0 Å². The van der Waals surface area contributed by atoms with Gasteiger partial charge in [0.15, 0.2) is 0 Å². The van der Waals surface area contributed by atoms with Crippen LogP contribution in [0, 0.1) is 29.6 Å². The fourth-order valence-electron chi connectivity index (χ4n) is 4.54. The molecule has 0 heterocycles. The molecule has 1 heteroatoms. The minimum Gasteiger partial charge on any atom is -0.314 e. The van der Waals surface area contributed by atoms with E-state index < -0.39 is 0 Å². The van der Waals surface area contributed by atoms with Crippen molar-refractivity contribution < 1.29 is 0 Å². The monoisotopic (exact) mass is 237 g/mol. The second-order valence-corrected chi connectivity index (χ2v) is 6.92. The van der Waals surface area contributed by atoms with Crippen LogP contribution in [-0.4, -0.2) is 12.6 Å². The molecule has 5 unspecified atom stereocenters. The zero-order chi connectivity index (χ0) is 12.4. The van der Waals surface area contributed by atoms with Crippen molar-refractivity contribution in [2.75, 3.05) is 6.54 Å². The molecule has 100 valence electrons. The van der Waals surface area contributed by atoms with Gasteiger partial charge in [-0.15, -0.1) is 0 Å². The Morgan fingerprint density at radius 3 is 2.35 bits per heavy atom. The molecule has 1 nitrogen and oxygen atoms in total. The van der Waals surface area contributed by atoms with Gasteiger partial charge in [0.1, 0.15) is 0 Å². The van der Waals surface area contributed by atoms with Crippen LogP contribution in [0.2, 0.25) is 0 Å². The Balaban J connectivity index is 1.89. The van der Waals surface area contributed by atoms with Gasteiger partial charge in [0.2, 0.25) is 0 Å². The molecule has 17 heavy (non-hydrogen) atoms. The Hall–Kier alpha value is -0.0400. The summed E-state index contributed by atoms with van der Waals surface area (Å²) in [5.41, 5.74) is 0. The molecule has 5 atom stereocenters. The predicted octanol–water partition coefficient (Wildman–Crippen LogP) is 4.08. The first-order valence-corrected chi connectivity index (χ1v) is 7.85. The van der Waals surface area contributed by atoms with E-state index in [1.54, 1.807) is 12.8 Å². The smallest absolute Gasteiger partial charge is 0.00694 e. The van der Waals surface area contributed by atoms with E-state index in [0.29, 0.717) is 6.04 Å². The highest BCUT2D eigenvalue weighted by molar-refractivity contribution is 4.92. The van der Waals surface area contributed by atoms with Crippen molar-refractivity contribution in [3.05, 3.63) is 0 Å². The lowest BCUT2D eigenvalue weighted by Crippen LogP contribution is -2.37. The highest BCUT2D eigenvalue weighted by Gasteiger charge is 2.40. The molecule has 2 aliphatic carbocycles. The molecule has 0 saturated heterocycles. The third-order valence-electron chi connectivity index (χ3n) is 5.48. The molecule has 2 aliphatic rings. The Bertz CT molecular complexity index is 236. The van der Waals surface area contributed by atoms with Gasteiger partial charge in [-0.2, -0.15) is 0 Å². The minimum atomic E-state index is 0.694. The largest absolute Gasteiger partial charge is 0.314 e. The number of hydrogen-bond acceptors (Lipinski definition) is 1. The normalized spacial score (nSPS) is 35.5. The van der Waals surface area contributed by atoms with Gasteiger partial charge in [0, 0.05) is 6.04 Å². The first kappa shape index (κ1) is 13.4. The standard InChI is InChI=1S/C16H31N/c1-5-17-12(4)16(11(2)3)10-15-9-13-6-7-14(15)8-13/h11-17H,5-10H2,1-4H3. The van der Waals surface area contributed by atoms with Gasteiger partial charge in [0.05, 0.1) is 0 Å². The molecule has 1 N–H and O–H groups in total. The van der Waals surface area contributed by atoms with Crippen LogP contribution in [0.15, 0.2) is 0 Å². The van der Waals surface area contributed by atoms with Crippen LogP contribution in [0.4, 0.5) is 0 Å². The van der Waals surface area contributed by atoms with Gasteiger partial charge in [-0.3, -0.25) is 0 Å². The van der Waals surface area contributed by atoms with Crippen LogP contribution in [0.25, 0.3) is 0 Å². The predicted molar refractivity (Wildman–Crippen MR) is 75.0 cm³/mol. The third-order valence-corrected chi connectivity index (χ3v) is 5.48. The molecule has 0 spiro atoms. The summed E-state index contributed by atoms with van der Waals surface area (Å²) in [7, 11) is 0. The van der Waals surface area contributed by atoms with E-state index in [1.165, 1.54) is 19.3 Å². The van der Waals surface area contributed by atoms with E-state index in [2.05, 4.69) is 33.0 Å². The van der Waals surface area contributed by atoms with E-state index in [1.807, 2.05) is 0 Å². The van der Waals surface area contributed by atoms with E-state index in [9.17, 15) is 0 Å². The summed E-state index contributed by atoms with van der Waals surface area (Å²) in [5.74, 6) is 4.95. The Morgan fingerprint density at radius 2 is 1.88 bits per heavy atom. The zero-order valence-corrected chi connectivity index (χ0v) is 12.2. The van der Waals surface area contributed by atoms with Crippen molar-refractivity contribution in [3.8, 4) is 0 Å². The fourth-order valence-corrected chi connectivity index (χ4v) is 4.54. The van der Waals surface area contributed by atoms with Crippen LogP contribution in [-0.2, 0) is 0 Å². The van der Waals surface area contributed by atoms with Gasteiger partial charge in [-0.1, -0.05) is 27.2 Å². The molecule has 0 amide bonds. The summed E-state index contributed by atoms with van der Waals surface area (Å²) in [6.07, 6.45) is 7.66. The number of fused-ring (bicyclic) bond motifs is 2. The van der Waals surface area contributed by atoms with Crippen LogP contribution in [0.3, 0.4) is 0 Å². The SMILES string of the molecule is CCNC(C)C(CC1CC2CCC1C2)C(C)C. The molecule has 0 aromatic rings. The summed E-state index contributed by atoms with van der Waals surface area (Å²) in [6.45, 7) is 10.5. The molecule has 2 fully saturated rings. The average Bonchev–Trinajstić information content (AvgIpc) is 2.87. The highest BCUT2D eigenvalue weighted by atomic mass is 14.9. The van der Waals surface area contributed by atoms with Gasteiger partial charge >= 0.3 is 0 Å². The van der Waals surface area contributed by atoms with E-state index in [-0.39, 0.29) is 0 Å². The van der Waals surface area contributed by atoms with Gasteiger partial charge in [-0.05, 0) is 68.7 Å². The Morgan fingerprint density at radius 1 is 1.12 bits per heavy atom. The number of hydrogen-bond donors (Lipinski definition) is 1. The molecular weight excluding hydrogens is 206 g/mol. The van der Waals surface area contributed by atoms with Crippen LogP contribution in [0.1, 0.15) is 59.8 Å². The quantitative estimate of drug-likeness (QED) is 0.734. The third kappa shape index (κ3) is 3.05. The molecule has 2 bridgehead atoms. The van der Waals surface area contributed by atoms with Crippen LogP contribution < -0.4 is 5.32 Å². The zero-order valence-electron chi connectivity index (χ0n) is 12.2. The van der Waals surface area contributed by atoms with Crippen LogP contribution in [0.5, 0.6) is 0 Å². The molecule has 2 saturated carbocycles. The van der Waals surface area contributed by atoms with E-state index in [0.717, 1.165) is 36.1 Å². The minimum absolute atomic E-state index is 0.694. The second-order valence-electron chi connectivity index (χ2n) is 6.92. The average molecular weight is 237 g/mol. The molecular formula is C16H31N. The van der Waals surface area contributed by atoms with Gasteiger partial charge in [0.25, 0.3) is 0 Å². The molecule has 0 aromatic heterocycles. The van der Waals surface area contributed by atoms with Gasteiger partial charge in [-0.25, -0.2) is 0 Å². The topological polar surface area (TPSA) is 12.0 Å². The highest BCUT2D eigenvalue weighted by Crippen LogP contribution is 2.51. The summed E-state index contributed by atoms with van der Waals surface area (Å²) in [5, 5.41) is 3.64. The van der Waals surface area contributed by atoms with Crippen LogP contribution >= 0.6 is 0 Å². The summed E-state index contributed by atoms with van der Waals surface area (Å²) in [4.78, 5) is 0. The summed E-state index contributed by atoms with van der Waals surface area (Å²) >= 11 is 0. The van der Waals surface area contributed by atoms with Crippen molar-refractivity contribution in [1.29, 1.82) is 0 Å². The van der Waals surface area contributed by atoms with Gasteiger partial charge < -0.3 is 5.32 Å². The molecule has 2 rings (SSSR count). The maximum Gasteiger partial charge on any atom is 0.00694 e. The maximum atomic E-state index is 3.64. The number of rotatable bonds is 6. The first-order valence-electron chi connectivity index (χ1n) is 7.85. The van der Waals surface area contributed by atoms with Crippen molar-refractivity contribution in [2.45, 2.75) is 65.8 Å². The molecule has 0 aromatic carbocycles. The van der Waals surface area contributed by atoms with Crippen molar-refractivity contribution in [1.82, 2.24) is 5.32 Å². The van der Waals surface area contributed by atoms with E-state index in [4.69, 9.17) is 0 Å². The lowest BCUT2D eigenvalue weighted by Gasteiger charge is -2.33.